The van der Waals surface area contributed by atoms with Crippen molar-refractivity contribution in [2.75, 3.05) is 18.9 Å². The first-order valence-electron chi connectivity index (χ1n) is 7.79. The first-order chi connectivity index (χ1) is 9.99. The quantitative estimate of drug-likeness (QED) is 0.926. The van der Waals surface area contributed by atoms with Crippen LogP contribution in [0.4, 0.5) is 5.82 Å². The summed E-state index contributed by atoms with van der Waals surface area (Å²) in [5.41, 5.74) is 0.923. The molecule has 116 valence electrons. The third kappa shape index (κ3) is 4.16. The Hall–Kier alpha value is -1.65. The van der Waals surface area contributed by atoms with Gasteiger partial charge < -0.3 is 10.2 Å². The predicted molar refractivity (Wildman–Crippen MR) is 83.9 cm³/mol. The van der Waals surface area contributed by atoms with E-state index in [4.69, 9.17) is 0 Å². The number of carbonyl (C=O) groups is 1. The van der Waals surface area contributed by atoms with E-state index in [2.05, 4.69) is 29.1 Å². The zero-order valence-corrected chi connectivity index (χ0v) is 13.5. The maximum Gasteiger partial charge on any atom is 0.222 e. The summed E-state index contributed by atoms with van der Waals surface area (Å²) in [6.07, 6.45) is 2.73. The number of nitrogens with zero attached hydrogens (tertiary/aromatic N) is 3. The highest BCUT2D eigenvalue weighted by molar-refractivity contribution is 5.76. The van der Waals surface area contributed by atoms with Crippen LogP contribution in [0.5, 0.6) is 0 Å². The summed E-state index contributed by atoms with van der Waals surface area (Å²) in [4.78, 5) is 23.1. The van der Waals surface area contributed by atoms with Gasteiger partial charge in [0.15, 0.2) is 0 Å². The standard InChI is InChI=1S/C16H26N4O/c1-11(2)13-5-6-16(21)20(8-7-13)10-15-18-12(3)9-14(17-4)19-15/h9,11,13H,5-8,10H2,1-4H3,(H,17,18,19). The number of nitrogens with one attached hydrogen (secondary N) is 1. The van der Waals surface area contributed by atoms with Crippen molar-refractivity contribution in [3.63, 3.8) is 0 Å². The average molecular weight is 290 g/mol. The molecule has 1 saturated heterocycles. The van der Waals surface area contributed by atoms with Crippen LogP contribution in [-0.2, 0) is 11.3 Å². The van der Waals surface area contributed by atoms with Crippen molar-refractivity contribution in [2.24, 2.45) is 11.8 Å². The minimum Gasteiger partial charge on any atom is -0.373 e. The maximum absolute atomic E-state index is 12.3. The lowest BCUT2D eigenvalue weighted by Gasteiger charge is -2.21. The van der Waals surface area contributed by atoms with Gasteiger partial charge in [0.2, 0.25) is 5.91 Å². The molecule has 1 atom stereocenters. The Kier molecular flexibility index (Phi) is 5.15. The Morgan fingerprint density at radius 2 is 2.14 bits per heavy atom. The summed E-state index contributed by atoms with van der Waals surface area (Å²) in [6, 6.07) is 1.91. The van der Waals surface area contributed by atoms with Crippen LogP contribution in [0, 0.1) is 18.8 Å². The van der Waals surface area contributed by atoms with E-state index in [9.17, 15) is 4.79 Å². The van der Waals surface area contributed by atoms with Gasteiger partial charge in [-0.25, -0.2) is 9.97 Å². The molecule has 0 bridgehead atoms. The van der Waals surface area contributed by atoms with E-state index >= 15 is 0 Å². The number of aryl methyl sites for hydroxylation is 1. The zero-order valence-electron chi connectivity index (χ0n) is 13.5. The largest absolute Gasteiger partial charge is 0.373 e. The Labute approximate surface area is 127 Å². The Morgan fingerprint density at radius 1 is 1.38 bits per heavy atom. The molecule has 0 spiro atoms. The number of likely N-dealkylation sites (tertiary alicyclic amines) is 1. The molecule has 1 aliphatic rings. The Balaban J connectivity index is 2.08. The molecule has 5 heteroatoms. The Morgan fingerprint density at radius 3 is 2.81 bits per heavy atom. The smallest absolute Gasteiger partial charge is 0.222 e. The monoisotopic (exact) mass is 290 g/mol. The van der Waals surface area contributed by atoms with Gasteiger partial charge in [-0.1, -0.05) is 13.8 Å². The van der Waals surface area contributed by atoms with Crippen molar-refractivity contribution in [3.8, 4) is 0 Å². The minimum atomic E-state index is 0.231. The van der Waals surface area contributed by atoms with E-state index in [0.717, 1.165) is 36.7 Å². The molecule has 0 radical (unpaired) electrons. The molecule has 0 aromatic carbocycles. The Bertz CT molecular complexity index is 501. The molecule has 21 heavy (non-hydrogen) atoms. The molecule has 1 aromatic heterocycles. The van der Waals surface area contributed by atoms with Gasteiger partial charge in [0, 0.05) is 31.8 Å². The molecule has 1 fully saturated rings. The molecule has 2 heterocycles. The van der Waals surface area contributed by atoms with Gasteiger partial charge in [0.1, 0.15) is 11.6 Å². The number of aromatic nitrogens is 2. The lowest BCUT2D eigenvalue weighted by molar-refractivity contribution is -0.131. The second-order valence-corrected chi connectivity index (χ2v) is 6.21. The number of amides is 1. The van der Waals surface area contributed by atoms with Crippen LogP contribution in [0.25, 0.3) is 0 Å². The highest BCUT2D eigenvalue weighted by Crippen LogP contribution is 2.25. The summed E-state index contributed by atoms with van der Waals surface area (Å²) >= 11 is 0. The van der Waals surface area contributed by atoms with E-state index in [-0.39, 0.29) is 5.91 Å². The summed E-state index contributed by atoms with van der Waals surface area (Å²) in [5, 5.41) is 3.04. The van der Waals surface area contributed by atoms with E-state index in [1.807, 2.05) is 24.9 Å². The number of anilines is 1. The SMILES string of the molecule is CNc1cc(C)nc(CN2CCC(C(C)C)CCC2=O)n1. The van der Waals surface area contributed by atoms with Crippen LogP contribution in [-0.4, -0.2) is 34.4 Å². The van der Waals surface area contributed by atoms with Crippen LogP contribution in [0.2, 0.25) is 0 Å². The molecule has 1 amide bonds. The highest BCUT2D eigenvalue weighted by Gasteiger charge is 2.24. The predicted octanol–water partition coefficient (Wildman–Crippen LogP) is 2.61. The molecular weight excluding hydrogens is 264 g/mol. The molecule has 0 aliphatic carbocycles. The van der Waals surface area contributed by atoms with Gasteiger partial charge in [-0.2, -0.15) is 0 Å². The fourth-order valence-corrected chi connectivity index (χ4v) is 2.89. The third-order valence-electron chi connectivity index (χ3n) is 4.28. The van der Waals surface area contributed by atoms with E-state index in [1.165, 1.54) is 0 Å². The molecule has 1 aliphatic heterocycles. The van der Waals surface area contributed by atoms with Gasteiger partial charge in [-0.3, -0.25) is 4.79 Å². The first-order valence-corrected chi connectivity index (χ1v) is 7.79. The number of hydrogen-bond acceptors (Lipinski definition) is 4. The summed E-state index contributed by atoms with van der Waals surface area (Å²) in [5.74, 6) is 3.04. The normalized spacial score (nSPS) is 19.8. The zero-order chi connectivity index (χ0) is 15.4. The fraction of sp³-hybridized carbons (Fsp3) is 0.688. The van der Waals surface area contributed by atoms with Crippen molar-refractivity contribution in [3.05, 3.63) is 17.6 Å². The first kappa shape index (κ1) is 15.7. The van der Waals surface area contributed by atoms with E-state index in [1.54, 1.807) is 0 Å². The molecule has 1 aromatic rings. The lowest BCUT2D eigenvalue weighted by Crippen LogP contribution is -2.30. The fourth-order valence-electron chi connectivity index (χ4n) is 2.89. The van der Waals surface area contributed by atoms with Gasteiger partial charge in [-0.15, -0.1) is 0 Å². The van der Waals surface area contributed by atoms with Gasteiger partial charge in [0.25, 0.3) is 0 Å². The molecule has 0 saturated carbocycles. The topological polar surface area (TPSA) is 58.1 Å². The number of carbonyl (C=O) groups excluding carboxylic acids is 1. The average Bonchev–Trinajstić information content (AvgIpc) is 2.61. The van der Waals surface area contributed by atoms with Crippen LogP contribution in [0.3, 0.4) is 0 Å². The van der Waals surface area contributed by atoms with Gasteiger partial charge >= 0.3 is 0 Å². The lowest BCUT2D eigenvalue weighted by atomic mass is 9.89. The van der Waals surface area contributed by atoms with Crippen LogP contribution in [0.15, 0.2) is 6.07 Å². The number of rotatable bonds is 4. The highest BCUT2D eigenvalue weighted by atomic mass is 16.2. The van der Waals surface area contributed by atoms with Crippen molar-refractivity contribution in [1.29, 1.82) is 0 Å². The minimum absolute atomic E-state index is 0.231. The molecule has 2 rings (SSSR count). The summed E-state index contributed by atoms with van der Waals surface area (Å²) in [6.45, 7) is 7.76. The summed E-state index contributed by atoms with van der Waals surface area (Å²) < 4.78 is 0. The van der Waals surface area contributed by atoms with Crippen LogP contribution < -0.4 is 5.32 Å². The van der Waals surface area contributed by atoms with Crippen molar-refractivity contribution >= 4 is 11.7 Å². The van der Waals surface area contributed by atoms with E-state index in [0.29, 0.717) is 24.8 Å². The van der Waals surface area contributed by atoms with Crippen molar-refractivity contribution in [1.82, 2.24) is 14.9 Å². The van der Waals surface area contributed by atoms with Crippen LogP contribution in [0.1, 0.15) is 44.6 Å². The van der Waals surface area contributed by atoms with E-state index < -0.39 is 0 Å². The molecule has 1 N–H and O–H groups in total. The second kappa shape index (κ2) is 6.87. The molecular formula is C16H26N4O. The maximum atomic E-state index is 12.3. The second-order valence-electron chi connectivity index (χ2n) is 6.21. The van der Waals surface area contributed by atoms with Gasteiger partial charge in [-0.05, 0) is 31.6 Å². The van der Waals surface area contributed by atoms with Gasteiger partial charge in [0.05, 0.1) is 6.54 Å². The third-order valence-corrected chi connectivity index (χ3v) is 4.28. The van der Waals surface area contributed by atoms with Crippen molar-refractivity contribution < 1.29 is 4.79 Å². The summed E-state index contributed by atoms with van der Waals surface area (Å²) in [7, 11) is 1.84. The molecule has 1 unspecified atom stereocenters. The van der Waals surface area contributed by atoms with Crippen molar-refractivity contribution in [2.45, 2.75) is 46.6 Å². The number of hydrogen-bond donors (Lipinski definition) is 1. The molecule has 5 nitrogen and oxygen atoms in total. The van der Waals surface area contributed by atoms with Crippen LogP contribution >= 0.6 is 0 Å².